The monoisotopic (exact) mass is 329 g/mol. The first-order chi connectivity index (χ1) is 11.4. The summed E-state index contributed by atoms with van der Waals surface area (Å²) in [7, 11) is 0. The maximum absolute atomic E-state index is 14.9. The minimum atomic E-state index is -0.685. The molecule has 1 unspecified atom stereocenters. The Balaban J connectivity index is 2.31. The maximum Gasteiger partial charge on any atom is 0.250 e. The van der Waals surface area contributed by atoms with E-state index in [4.69, 9.17) is 5.73 Å². The maximum atomic E-state index is 14.9. The first-order valence-corrected chi connectivity index (χ1v) is 7.94. The molecule has 1 aliphatic rings. The lowest BCUT2D eigenvalue weighted by Crippen LogP contribution is -2.31. The third-order valence-corrected chi connectivity index (χ3v) is 4.71. The third kappa shape index (κ3) is 2.29. The number of fused-ring (bicyclic) bond motifs is 1. The van der Waals surface area contributed by atoms with E-state index in [1.165, 1.54) is 0 Å². The zero-order chi connectivity index (χ0) is 17.6. The molecule has 2 amide bonds. The molecule has 1 aromatic heterocycles. The number of H-pyrrole nitrogens is 1. The molecule has 0 saturated heterocycles. The summed E-state index contributed by atoms with van der Waals surface area (Å²) in [6.07, 6.45) is 4.05. The molecule has 0 saturated carbocycles. The van der Waals surface area contributed by atoms with Gasteiger partial charge in [-0.3, -0.25) is 9.59 Å². The van der Waals surface area contributed by atoms with E-state index in [1.807, 2.05) is 26.0 Å². The molecule has 0 fully saturated rings. The average Bonchev–Trinajstić information content (AvgIpc) is 3.12. The third-order valence-electron chi connectivity index (χ3n) is 4.71. The van der Waals surface area contributed by atoms with Crippen molar-refractivity contribution >= 4 is 22.7 Å². The molecule has 6 heteroatoms. The number of nitrogens with two attached hydrogens (primary N) is 1. The summed E-state index contributed by atoms with van der Waals surface area (Å²) in [5, 5.41) is 0.631. The van der Waals surface area contributed by atoms with Crippen molar-refractivity contribution < 1.29 is 14.0 Å². The number of carbonyl (C=O) groups excluding carboxylic acids is 2. The van der Waals surface area contributed by atoms with Crippen molar-refractivity contribution in [2.24, 2.45) is 5.73 Å². The van der Waals surface area contributed by atoms with Gasteiger partial charge in [-0.25, -0.2) is 4.39 Å². The van der Waals surface area contributed by atoms with Crippen LogP contribution < -0.4 is 5.73 Å². The fraction of sp³-hybridized carbons (Fsp3) is 0.333. The summed E-state index contributed by atoms with van der Waals surface area (Å²) < 4.78 is 14.9. The SMILES string of the molecule is CCC(=O)N1CC=CC1c1c(F)cc(C(N)=O)c2[nH]c(C)c(C)c12. The molecule has 3 rings (SSSR count). The Hall–Kier alpha value is -2.63. The number of aryl methyl sites for hydroxylation is 2. The fourth-order valence-electron chi connectivity index (χ4n) is 3.37. The second kappa shape index (κ2) is 5.78. The lowest BCUT2D eigenvalue weighted by atomic mass is 9.95. The van der Waals surface area contributed by atoms with Gasteiger partial charge in [-0.1, -0.05) is 19.1 Å². The van der Waals surface area contributed by atoms with Crippen molar-refractivity contribution in [3.8, 4) is 0 Å². The number of benzene rings is 1. The number of carbonyl (C=O) groups is 2. The molecule has 0 spiro atoms. The van der Waals surface area contributed by atoms with Crippen LogP contribution >= 0.6 is 0 Å². The van der Waals surface area contributed by atoms with Crippen LogP contribution in [0.1, 0.15) is 46.6 Å². The van der Waals surface area contributed by atoms with Crippen LogP contribution in [-0.4, -0.2) is 28.2 Å². The van der Waals surface area contributed by atoms with Crippen LogP contribution in [0.2, 0.25) is 0 Å². The smallest absolute Gasteiger partial charge is 0.250 e. The van der Waals surface area contributed by atoms with Gasteiger partial charge in [-0.15, -0.1) is 0 Å². The number of aromatic amines is 1. The first kappa shape index (κ1) is 16.2. The van der Waals surface area contributed by atoms with E-state index >= 15 is 0 Å². The fourth-order valence-corrected chi connectivity index (χ4v) is 3.37. The first-order valence-electron chi connectivity index (χ1n) is 7.94. The van der Waals surface area contributed by atoms with Crippen LogP contribution in [-0.2, 0) is 4.79 Å². The summed E-state index contributed by atoms with van der Waals surface area (Å²) in [6, 6.07) is 0.687. The molecular weight excluding hydrogens is 309 g/mol. The second-order valence-electron chi connectivity index (χ2n) is 6.08. The topological polar surface area (TPSA) is 79.2 Å². The average molecular weight is 329 g/mol. The van der Waals surface area contributed by atoms with Gasteiger partial charge in [0.25, 0.3) is 5.91 Å². The van der Waals surface area contributed by atoms with Crippen LogP contribution in [0.25, 0.3) is 10.9 Å². The predicted molar refractivity (Wildman–Crippen MR) is 90.1 cm³/mol. The van der Waals surface area contributed by atoms with Gasteiger partial charge < -0.3 is 15.6 Å². The lowest BCUT2D eigenvalue weighted by molar-refractivity contribution is -0.131. The summed E-state index contributed by atoms with van der Waals surface area (Å²) in [5.74, 6) is -1.25. The number of hydrogen-bond acceptors (Lipinski definition) is 2. The lowest BCUT2D eigenvalue weighted by Gasteiger charge is -2.26. The van der Waals surface area contributed by atoms with E-state index in [2.05, 4.69) is 4.98 Å². The highest BCUT2D eigenvalue weighted by atomic mass is 19.1. The zero-order valence-electron chi connectivity index (χ0n) is 13.9. The van der Waals surface area contributed by atoms with Crippen molar-refractivity contribution in [2.45, 2.75) is 33.2 Å². The highest BCUT2D eigenvalue weighted by Gasteiger charge is 2.31. The Morgan fingerprint density at radius 2 is 2.12 bits per heavy atom. The van der Waals surface area contributed by atoms with E-state index in [0.29, 0.717) is 29.4 Å². The van der Waals surface area contributed by atoms with Crippen molar-refractivity contribution in [3.05, 3.63) is 46.4 Å². The highest BCUT2D eigenvalue weighted by molar-refractivity contribution is 6.07. The Bertz CT molecular complexity index is 882. The van der Waals surface area contributed by atoms with Crippen LogP contribution in [0.5, 0.6) is 0 Å². The summed E-state index contributed by atoms with van der Waals surface area (Å²) >= 11 is 0. The highest BCUT2D eigenvalue weighted by Crippen LogP contribution is 2.38. The molecule has 126 valence electrons. The number of nitrogens with one attached hydrogen (secondary N) is 1. The number of aromatic nitrogens is 1. The second-order valence-corrected chi connectivity index (χ2v) is 6.08. The van der Waals surface area contributed by atoms with Gasteiger partial charge in [0.15, 0.2) is 0 Å². The summed E-state index contributed by atoms with van der Waals surface area (Å²) in [4.78, 5) is 28.7. The van der Waals surface area contributed by atoms with Crippen molar-refractivity contribution in [3.63, 3.8) is 0 Å². The van der Waals surface area contributed by atoms with E-state index in [0.717, 1.165) is 17.3 Å². The van der Waals surface area contributed by atoms with Crippen molar-refractivity contribution in [1.29, 1.82) is 0 Å². The Morgan fingerprint density at radius 1 is 1.42 bits per heavy atom. The van der Waals surface area contributed by atoms with Gasteiger partial charge in [0.1, 0.15) is 5.82 Å². The van der Waals surface area contributed by atoms with E-state index in [-0.39, 0.29) is 11.5 Å². The largest absolute Gasteiger partial charge is 0.366 e. The number of hydrogen-bond donors (Lipinski definition) is 2. The van der Waals surface area contributed by atoms with Crippen molar-refractivity contribution in [2.75, 3.05) is 6.54 Å². The summed E-state index contributed by atoms with van der Waals surface area (Å²) in [6.45, 7) is 5.97. The molecule has 5 nitrogen and oxygen atoms in total. The molecule has 1 atom stereocenters. The quantitative estimate of drug-likeness (QED) is 0.849. The molecule has 0 aliphatic carbocycles. The Kier molecular flexibility index (Phi) is 3.91. The van der Waals surface area contributed by atoms with Gasteiger partial charge >= 0.3 is 0 Å². The molecule has 2 aromatic rings. The molecule has 0 bridgehead atoms. The van der Waals surface area contributed by atoms with Crippen LogP contribution in [0.3, 0.4) is 0 Å². The van der Waals surface area contributed by atoms with Gasteiger partial charge in [0.2, 0.25) is 5.91 Å². The Morgan fingerprint density at radius 3 is 2.75 bits per heavy atom. The van der Waals surface area contributed by atoms with Gasteiger partial charge in [0.05, 0.1) is 17.1 Å². The number of primary amides is 1. The standard InChI is InChI=1S/C18H20FN3O2/c1-4-14(23)22-7-5-6-13(22)16-12(19)8-11(18(20)24)17-15(16)9(2)10(3)21-17/h5-6,8,13,21H,4,7H2,1-3H3,(H2,20,24). The predicted octanol–water partition coefficient (Wildman–Crippen LogP) is 2.87. The molecule has 2 heterocycles. The number of amides is 2. The van der Waals surface area contributed by atoms with Crippen LogP contribution in [0.4, 0.5) is 4.39 Å². The van der Waals surface area contributed by atoms with Crippen molar-refractivity contribution in [1.82, 2.24) is 9.88 Å². The molecule has 3 N–H and O–H groups in total. The van der Waals surface area contributed by atoms with Crippen LogP contribution in [0.15, 0.2) is 18.2 Å². The van der Waals surface area contributed by atoms with E-state index in [9.17, 15) is 14.0 Å². The number of halogens is 1. The summed E-state index contributed by atoms with van der Waals surface area (Å²) in [5.41, 5.74) is 8.16. The molecule has 24 heavy (non-hydrogen) atoms. The molecule has 1 aliphatic heterocycles. The van der Waals surface area contributed by atoms with E-state index in [1.54, 1.807) is 11.8 Å². The Labute approximate surface area is 139 Å². The molecule has 1 aromatic carbocycles. The van der Waals surface area contributed by atoms with E-state index < -0.39 is 17.8 Å². The number of nitrogens with zero attached hydrogens (tertiary/aromatic N) is 1. The minimum absolute atomic E-state index is 0.0403. The zero-order valence-corrected chi connectivity index (χ0v) is 13.9. The van der Waals surface area contributed by atoms with Crippen LogP contribution in [0, 0.1) is 19.7 Å². The molecule has 0 radical (unpaired) electrons. The van der Waals surface area contributed by atoms with Gasteiger partial charge in [-0.2, -0.15) is 0 Å². The number of rotatable bonds is 3. The minimum Gasteiger partial charge on any atom is -0.366 e. The van der Waals surface area contributed by atoms with Gasteiger partial charge in [-0.05, 0) is 25.5 Å². The molecular formula is C18H20FN3O2. The van der Waals surface area contributed by atoms with Gasteiger partial charge in [0, 0.05) is 29.6 Å². The normalized spacial score (nSPS) is 17.0.